The Balaban J connectivity index is 1.85. The van der Waals surface area contributed by atoms with E-state index in [1.54, 1.807) is 0 Å². The van der Waals surface area contributed by atoms with Crippen LogP contribution in [0.4, 0.5) is 0 Å². The predicted molar refractivity (Wildman–Crippen MR) is 61.2 cm³/mol. The second kappa shape index (κ2) is 3.58. The van der Waals surface area contributed by atoms with Gasteiger partial charge in [0.15, 0.2) is 0 Å². The average molecular weight is 198 g/mol. The van der Waals surface area contributed by atoms with Gasteiger partial charge in [-0.05, 0) is 30.1 Å². The highest BCUT2D eigenvalue weighted by atomic mass is 16.5. The third kappa shape index (κ3) is 1.58. The molecule has 0 unspecified atom stereocenters. The Labute approximate surface area is 90.1 Å². The second-order valence-corrected chi connectivity index (χ2v) is 4.24. The Hall–Kier alpha value is -1.50. The van der Waals surface area contributed by atoms with E-state index in [0.29, 0.717) is 12.0 Å². The van der Waals surface area contributed by atoms with Crippen molar-refractivity contribution >= 4 is 5.57 Å². The number of hydrogen-bond donors (Lipinski definition) is 0. The molecular weight excluding hydrogens is 184 g/mol. The SMILES string of the molecule is C1=C[C@H]2OC=C(c3ccccc3)C[C@H]2C1. The highest BCUT2D eigenvalue weighted by Gasteiger charge is 2.28. The van der Waals surface area contributed by atoms with Crippen LogP contribution in [0.15, 0.2) is 48.7 Å². The quantitative estimate of drug-likeness (QED) is 0.628. The lowest BCUT2D eigenvalue weighted by atomic mass is 9.90. The van der Waals surface area contributed by atoms with Crippen molar-refractivity contribution in [1.29, 1.82) is 0 Å². The number of hydrogen-bond acceptors (Lipinski definition) is 1. The molecule has 1 aromatic rings. The fourth-order valence-corrected chi connectivity index (χ4v) is 2.36. The first-order valence-electron chi connectivity index (χ1n) is 5.50. The lowest BCUT2D eigenvalue weighted by Crippen LogP contribution is -2.20. The predicted octanol–water partition coefficient (Wildman–Crippen LogP) is 3.39. The highest BCUT2D eigenvalue weighted by molar-refractivity contribution is 5.65. The molecular formula is C14H14O. The Morgan fingerprint density at radius 2 is 2.00 bits per heavy atom. The van der Waals surface area contributed by atoms with Gasteiger partial charge in [-0.1, -0.05) is 36.4 Å². The Morgan fingerprint density at radius 3 is 2.87 bits per heavy atom. The van der Waals surface area contributed by atoms with Crippen LogP contribution in [0.2, 0.25) is 0 Å². The summed E-state index contributed by atoms with van der Waals surface area (Å²) in [5, 5.41) is 0. The van der Waals surface area contributed by atoms with Gasteiger partial charge in [0.25, 0.3) is 0 Å². The number of rotatable bonds is 1. The topological polar surface area (TPSA) is 9.23 Å². The summed E-state index contributed by atoms with van der Waals surface area (Å²) >= 11 is 0. The van der Waals surface area contributed by atoms with E-state index < -0.39 is 0 Å². The third-order valence-corrected chi connectivity index (χ3v) is 3.22. The van der Waals surface area contributed by atoms with E-state index in [0.717, 1.165) is 12.8 Å². The van der Waals surface area contributed by atoms with E-state index >= 15 is 0 Å². The van der Waals surface area contributed by atoms with Crippen molar-refractivity contribution < 1.29 is 4.74 Å². The maximum Gasteiger partial charge on any atom is 0.119 e. The maximum absolute atomic E-state index is 5.72. The molecule has 0 N–H and O–H groups in total. The Morgan fingerprint density at radius 1 is 1.13 bits per heavy atom. The van der Waals surface area contributed by atoms with Crippen molar-refractivity contribution in [3.05, 3.63) is 54.3 Å². The number of allylic oxidation sites excluding steroid dienone is 2. The van der Waals surface area contributed by atoms with Crippen LogP contribution in [0.3, 0.4) is 0 Å². The smallest absolute Gasteiger partial charge is 0.119 e. The molecule has 0 amide bonds. The van der Waals surface area contributed by atoms with Gasteiger partial charge in [-0.15, -0.1) is 0 Å². The first kappa shape index (κ1) is 8.78. The summed E-state index contributed by atoms with van der Waals surface area (Å²) in [6.45, 7) is 0. The molecule has 2 aliphatic rings. The van der Waals surface area contributed by atoms with Crippen LogP contribution < -0.4 is 0 Å². The van der Waals surface area contributed by atoms with Crippen molar-refractivity contribution in [3.8, 4) is 0 Å². The molecule has 1 aromatic carbocycles. The van der Waals surface area contributed by atoms with Crippen molar-refractivity contribution in [3.63, 3.8) is 0 Å². The summed E-state index contributed by atoms with van der Waals surface area (Å²) < 4.78 is 5.72. The molecule has 1 heteroatoms. The summed E-state index contributed by atoms with van der Waals surface area (Å²) in [4.78, 5) is 0. The largest absolute Gasteiger partial charge is 0.493 e. The van der Waals surface area contributed by atoms with Crippen LogP contribution in [0.25, 0.3) is 5.57 Å². The first-order chi connectivity index (χ1) is 7.43. The standard InChI is InChI=1S/C14H14O/c1-2-5-11(6-3-1)13-9-12-7-4-8-14(12)15-10-13/h1-6,8,10,12,14H,7,9H2/t12-,14-/m1/s1. The molecule has 3 rings (SSSR count). The van der Waals surface area contributed by atoms with Crippen LogP contribution >= 0.6 is 0 Å². The van der Waals surface area contributed by atoms with Gasteiger partial charge in [-0.2, -0.15) is 0 Å². The maximum atomic E-state index is 5.72. The third-order valence-electron chi connectivity index (χ3n) is 3.22. The Bertz CT molecular complexity index is 403. The number of benzene rings is 1. The monoisotopic (exact) mass is 198 g/mol. The number of ether oxygens (including phenoxy) is 1. The minimum atomic E-state index is 0.331. The zero-order chi connectivity index (χ0) is 10.1. The molecule has 2 atom stereocenters. The van der Waals surface area contributed by atoms with Gasteiger partial charge < -0.3 is 4.74 Å². The summed E-state index contributed by atoms with van der Waals surface area (Å²) in [5.74, 6) is 0.658. The first-order valence-corrected chi connectivity index (χ1v) is 5.50. The van der Waals surface area contributed by atoms with Crippen LogP contribution in [0, 0.1) is 5.92 Å². The second-order valence-electron chi connectivity index (χ2n) is 4.24. The van der Waals surface area contributed by atoms with E-state index in [1.165, 1.54) is 11.1 Å². The molecule has 1 aliphatic carbocycles. The summed E-state index contributed by atoms with van der Waals surface area (Å²) in [6.07, 6.45) is 8.99. The number of fused-ring (bicyclic) bond motifs is 1. The zero-order valence-corrected chi connectivity index (χ0v) is 8.60. The summed E-state index contributed by atoms with van der Waals surface area (Å²) in [6, 6.07) is 10.5. The molecule has 0 fully saturated rings. The van der Waals surface area contributed by atoms with Gasteiger partial charge in [0, 0.05) is 5.92 Å². The molecule has 15 heavy (non-hydrogen) atoms. The van der Waals surface area contributed by atoms with E-state index in [9.17, 15) is 0 Å². The van der Waals surface area contributed by atoms with Gasteiger partial charge >= 0.3 is 0 Å². The lowest BCUT2D eigenvalue weighted by Gasteiger charge is -2.26. The molecule has 0 bridgehead atoms. The fourth-order valence-electron chi connectivity index (χ4n) is 2.36. The summed E-state index contributed by atoms with van der Waals surface area (Å²) in [5.41, 5.74) is 2.63. The molecule has 1 aliphatic heterocycles. The van der Waals surface area contributed by atoms with Crippen LogP contribution in [-0.4, -0.2) is 6.10 Å². The van der Waals surface area contributed by atoms with Crippen LogP contribution in [0.5, 0.6) is 0 Å². The van der Waals surface area contributed by atoms with Gasteiger partial charge in [-0.25, -0.2) is 0 Å². The fraction of sp³-hybridized carbons (Fsp3) is 0.286. The van der Waals surface area contributed by atoms with Gasteiger partial charge in [-0.3, -0.25) is 0 Å². The van der Waals surface area contributed by atoms with Gasteiger partial charge in [0.2, 0.25) is 0 Å². The molecule has 1 nitrogen and oxygen atoms in total. The van der Waals surface area contributed by atoms with Crippen LogP contribution in [0.1, 0.15) is 18.4 Å². The molecule has 0 saturated carbocycles. The molecule has 0 radical (unpaired) electrons. The lowest BCUT2D eigenvalue weighted by molar-refractivity contribution is 0.127. The van der Waals surface area contributed by atoms with E-state index in [1.807, 2.05) is 12.3 Å². The van der Waals surface area contributed by atoms with E-state index in [4.69, 9.17) is 4.74 Å². The van der Waals surface area contributed by atoms with Crippen molar-refractivity contribution in [2.75, 3.05) is 0 Å². The Kier molecular flexibility index (Phi) is 2.09. The zero-order valence-electron chi connectivity index (χ0n) is 8.60. The van der Waals surface area contributed by atoms with Crippen molar-refractivity contribution in [2.24, 2.45) is 5.92 Å². The van der Waals surface area contributed by atoms with Crippen LogP contribution in [-0.2, 0) is 4.74 Å². The van der Waals surface area contributed by atoms with Crippen molar-refractivity contribution in [2.45, 2.75) is 18.9 Å². The molecule has 76 valence electrons. The van der Waals surface area contributed by atoms with E-state index in [-0.39, 0.29) is 0 Å². The van der Waals surface area contributed by atoms with Gasteiger partial charge in [0.1, 0.15) is 6.10 Å². The average Bonchev–Trinajstić information content (AvgIpc) is 2.77. The van der Waals surface area contributed by atoms with Crippen molar-refractivity contribution in [1.82, 2.24) is 0 Å². The molecule has 0 saturated heterocycles. The molecule has 1 heterocycles. The normalized spacial score (nSPS) is 28.1. The minimum Gasteiger partial charge on any atom is -0.493 e. The summed E-state index contributed by atoms with van der Waals surface area (Å²) in [7, 11) is 0. The molecule has 0 spiro atoms. The van der Waals surface area contributed by atoms with E-state index in [2.05, 4.69) is 36.4 Å². The highest BCUT2D eigenvalue weighted by Crippen LogP contribution is 2.36. The molecule has 0 aromatic heterocycles. The minimum absolute atomic E-state index is 0.331. The van der Waals surface area contributed by atoms with Gasteiger partial charge in [0.05, 0.1) is 6.26 Å².